The van der Waals surface area contributed by atoms with Crippen molar-refractivity contribution < 1.29 is 4.79 Å². The Labute approximate surface area is 130 Å². The third-order valence-corrected chi connectivity index (χ3v) is 4.39. The highest BCUT2D eigenvalue weighted by molar-refractivity contribution is 7.10. The number of thiophene rings is 1. The Morgan fingerprint density at radius 2 is 2.05 bits per heavy atom. The molecule has 0 saturated carbocycles. The normalized spacial score (nSPS) is 10.4. The lowest BCUT2D eigenvalue weighted by Crippen LogP contribution is -2.24. The van der Waals surface area contributed by atoms with Crippen molar-refractivity contribution in [2.75, 3.05) is 11.9 Å². The summed E-state index contributed by atoms with van der Waals surface area (Å²) < 4.78 is 0. The maximum Gasteiger partial charge on any atom is 0.253 e. The summed E-state index contributed by atoms with van der Waals surface area (Å²) in [5.74, 6) is -0.0265. The molecule has 0 fully saturated rings. The number of benzene rings is 1. The summed E-state index contributed by atoms with van der Waals surface area (Å²) >= 11 is 1.68. The van der Waals surface area contributed by atoms with Gasteiger partial charge in [0.25, 0.3) is 5.91 Å². The second-order valence-corrected chi connectivity index (χ2v) is 6.19. The van der Waals surface area contributed by atoms with E-state index in [0.29, 0.717) is 12.1 Å². The molecule has 0 atom stereocenters. The molecule has 2 rings (SSSR count). The molecule has 2 N–H and O–H groups in total. The largest absolute Gasteiger partial charge is 0.384 e. The van der Waals surface area contributed by atoms with Crippen molar-refractivity contribution in [1.29, 1.82) is 0 Å². The molecular weight excluding hydrogens is 280 g/mol. The summed E-state index contributed by atoms with van der Waals surface area (Å²) in [4.78, 5) is 13.6. The van der Waals surface area contributed by atoms with Crippen LogP contribution in [0, 0.1) is 13.8 Å². The molecule has 0 radical (unpaired) electrons. The summed E-state index contributed by atoms with van der Waals surface area (Å²) in [6, 6.07) is 7.97. The van der Waals surface area contributed by atoms with Gasteiger partial charge in [-0.05, 0) is 55.0 Å². The summed E-state index contributed by atoms with van der Waals surface area (Å²) in [5, 5.41) is 8.39. The van der Waals surface area contributed by atoms with E-state index < -0.39 is 0 Å². The molecule has 1 aromatic heterocycles. The van der Waals surface area contributed by atoms with Crippen LogP contribution in [0.15, 0.2) is 29.6 Å². The first-order chi connectivity index (χ1) is 10.1. The minimum atomic E-state index is -0.0265. The van der Waals surface area contributed by atoms with E-state index in [2.05, 4.69) is 35.9 Å². The number of carbonyl (C=O) groups is 1. The fourth-order valence-electron chi connectivity index (χ4n) is 2.10. The maximum absolute atomic E-state index is 12.4. The topological polar surface area (TPSA) is 41.1 Å². The molecule has 0 spiro atoms. The van der Waals surface area contributed by atoms with Gasteiger partial charge >= 0.3 is 0 Å². The summed E-state index contributed by atoms with van der Waals surface area (Å²) in [6.45, 7) is 7.67. The zero-order valence-corrected chi connectivity index (χ0v) is 13.6. The number of carbonyl (C=O) groups excluding carboxylic acids is 1. The van der Waals surface area contributed by atoms with Gasteiger partial charge in [-0.15, -0.1) is 11.3 Å². The van der Waals surface area contributed by atoms with Gasteiger partial charge < -0.3 is 10.6 Å². The van der Waals surface area contributed by atoms with E-state index in [9.17, 15) is 4.79 Å². The van der Waals surface area contributed by atoms with Gasteiger partial charge in [-0.25, -0.2) is 0 Å². The predicted octanol–water partition coefficient (Wildman–Crippen LogP) is 4.12. The standard InChI is InChI=1S/C17H22N2OS/c1-4-8-18-15-10-12(2)5-6-14(15)17(20)19-11-16-13(3)7-9-21-16/h5-7,9-10,18H,4,8,11H2,1-3H3,(H,19,20). The van der Waals surface area contributed by atoms with Crippen molar-refractivity contribution in [1.82, 2.24) is 5.32 Å². The highest BCUT2D eigenvalue weighted by Gasteiger charge is 2.12. The van der Waals surface area contributed by atoms with Crippen molar-refractivity contribution in [3.63, 3.8) is 0 Å². The van der Waals surface area contributed by atoms with Crippen molar-refractivity contribution in [3.05, 3.63) is 51.2 Å². The molecule has 0 aliphatic carbocycles. The molecule has 21 heavy (non-hydrogen) atoms. The Morgan fingerprint density at radius 3 is 2.71 bits per heavy atom. The number of rotatable bonds is 6. The molecule has 1 amide bonds. The number of aryl methyl sites for hydroxylation is 2. The fourth-order valence-corrected chi connectivity index (χ4v) is 2.95. The van der Waals surface area contributed by atoms with Crippen molar-refractivity contribution in [2.45, 2.75) is 33.7 Å². The Morgan fingerprint density at radius 1 is 1.24 bits per heavy atom. The number of nitrogens with one attached hydrogen (secondary N) is 2. The van der Waals surface area contributed by atoms with E-state index in [4.69, 9.17) is 0 Å². The molecule has 4 heteroatoms. The SMILES string of the molecule is CCCNc1cc(C)ccc1C(=O)NCc1sccc1C. The average molecular weight is 302 g/mol. The lowest BCUT2D eigenvalue weighted by Gasteiger charge is -2.12. The van der Waals surface area contributed by atoms with E-state index in [1.807, 2.05) is 25.1 Å². The van der Waals surface area contributed by atoms with Gasteiger partial charge in [-0.2, -0.15) is 0 Å². The monoisotopic (exact) mass is 302 g/mol. The van der Waals surface area contributed by atoms with Crippen LogP contribution in [-0.4, -0.2) is 12.5 Å². The molecule has 112 valence electrons. The predicted molar refractivity (Wildman–Crippen MR) is 90.2 cm³/mol. The van der Waals surface area contributed by atoms with Crippen molar-refractivity contribution in [2.24, 2.45) is 0 Å². The number of hydrogen-bond acceptors (Lipinski definition) is 3. The van der Waals surface area contributed by atoms with Crippen LogP contribution in [0.2, 0.25) is 0 Å². The Hall–Kier alpha value is -1.81. The van der Waals surface area contributed by atoms with Crippen LogP contribution in [0.5, 0.6) is 0 Å². The summed E-state index contributed by atoms with van der Waals surface area (Å²) in [7, 11) is 0. The zero-order valence-electron chi connectivity index (χ0n) is 12.8. The highest BCUT2D eigenvalue weighted by Crippen LogP contribution is 2.19. The van der Waals surface area contributed by atoms with Crippen LogP contribution < -0.4 is 10.6 Å². The van der Waals surface area contributed by atoms with Gasteiger partial charge in [0.15, 0.2) is 0 Å². The molecule has 1 aromatic carbocycles. The fraction of sp³-hybridized carbons (Fsp3) is 0.353. The number of anilines is 1. The average Bonchev–Trinajstić information content (AvgIpc) is 2.88. The maximum atomic E-state index is 12.4. The molecule has 0 aliphatic rings. The lowest BCUT2D eigenvalue weighted by molar-refractivity contribution is 0.0952. The molecule has 0 unspecified atom stereocenters. The van der Waals surface area contributed by atoms with E-state index in [1.54, 1.807) is 11.3 Å². The van der Waals surface area contributed by atoms with Crippen LogP contribution in [0.1, 0.15) is 39.7 Å². The van der Waals surface area contributed by atoms with Crippen LogP contribution >= 0.6 is 11.3 Å². The molecule has 0 aliphatic heterocycles. The Bertz CT molecular complexity index is 619. The number of hydrogen-bond donors (Lipinski definition) is 2. The zero-order chi connectivity index (χ0) is 15.2. The van der Waals surface area contributed by atoms with E-state index in [1.165, 1.54) is 10.4 Å². The van der Waals surface area contributed by atoms with Crippen LogP contribution in [0.3, 0.4) is 0 Å². The van der Waals surface area contributed by atoms with Crippen molar-refractivity contribution >= 4 is 22.9 Å². The van der Waals surface area contributed by atoms with E-state index in [-0.39, 0.29) is 5.91 Å². The first-order valence-electron chi connectivity index (χ1n) is 7.27. The van der Waals surface area contributed by atoms with Gasteiger partial charge in [0.05, 0.1) is 12.1 Å². The third kappa shape index (κ3) is 4.08. The first-order valence-corrected chi connectivity index (χ1v) is 8.15. The van der Waals surface area contributed by atoms with Gasteiger partial charge in [0, 0.05) is 17.1 Å². The van der Waals surface area contributed by atoms with Gasteiger partial charge in [0.1, 0.15) is 0 Å². The molecule has 2 aromatic rings. The van der Waals surface area contributed by atoms with E-state index in [0.717, 1.165) is 24.2 Å². The second kappa shape index (κ2) is 7.27. The second-order valence-electron chi connectivity index (χ2n) is 5.19. The minimum Gasteiger partial charge on any atom is -0.384 e. The van der Waals surface area contributed by atoms with E-state index >= 15 is 0 Å². The van der Waals surface area contributed by atoms with Crippen LogP contribution in [-0.2, 0) is 6.54 Å². The number of amides is 1. The minimum absolute atomic E-state index is 0.0265. The first kappa shape index (κ1) is 15.6. The molecule has 3 nitrogen and oxygen atoms in total. The quantitative estimate of drug-likeness (QED) is 0.843. The molecule has 0 saturated heterocycles. The molecule has 1 heterocycles. The smallest absolute Gasteiger partial charge is 0.253 e. The van der Waals surface area contributed by atoms with Crippen molar-refractivity contribution in [3.8, 4) is 0 Å². The Kier molecular flexibility index (Phi) is 5.39. The van der Waals surface area contributed by atoms with Crippen LogP contribution in [0.25, 0.3) is 0 Å². The summed E-state index contributed by atoms with van der Waals surface area (Å²) in [6.07, 6.45) is 1.03. The Balaban J connectivity index is 2.09. The molecular formula is C17H22N2OS. The van der Waals surface area contributed by atoms with Gasteiger partial charge in [0.2, 0.25) is 0 Å². The summed E-state index contributed by atoms with van der Waals surface area (Å²) in [5.41, 5.74) is 4.01. The van der Waals surface area contributed by atoms with Gasteiger partial charge in [-0.3, -0.25) is 4.79 Å². The van der Waals surface area contributed by atoms with Crippen LogP contribution in [0.4, 0.5) is 5.69 Å². The molecule has 0 bridgehead atoms. The lowest BCUT2D eigenvalue weighted by atomic mass is 10.1. The highest BCUT2D eigenvalue weighted by atomic mass is 32.1. The van der Waals surface area contributed by atoms with Gasteiger partial charge in [-0.1, -0.05) is 13.0 Å². The third-order valence-electron chi connectivity index (χ3n) is 3.36.